The number of nitrogens with zero attached hydrogens (tertiary/aromatic N) is 3. The molecule has 3 aromatic rings. The molecule has 1 N–H and O–H groups in total. The average Bonchev–Trinajstić information content (AvgIpc) is 3.04. The fourth-order valence-corrected chi connectivity index (χ4v) is 3.60. The molecule has 0 amide bonds. The zero-order valence-corrected chi connectivity index (χ0v) is 15.8. The number of aromatic nitrogens is 2. The number of quaternary nitrogens is 1. The summed E-state index contributed by atoms with van der Waals surface area (Å²) in [4.78, 5) is 4.23. The molecule has 0 unspecified atom stereocenters. The van der Waals surface area contributed by atoms with Crippen molar-refractivity contribution in [1.29, 1.82) is 0 Å². The third-order valence-corrected chi connectivity index (χ3v) is 5.17. The summed E-state index contributed by atoms with van der Waals surface area (Å²) in [6.45, 7) is 4.71. The van der Waals surface area contributed by atoms with Crippen LogP contribution in [0.4, 0.5) is 5.69 Å². The Morgan fingerprint density at radius 1 is 1.08 bits per heavy atom. The van der Waals surface area contributed by atoms with Crippen molar-refractivity contribution in [3.8, 4) is 11.5 Å². The average molecular weight is 388 g/mol. The quantitative estimate of drug-likeness (QED) is 0.699. The predicted molar refractivity (Wildman–Crippen MR) is 105 cm³/mol. The van der Waals surface area contributed by atoms with E-state index in [0.717, 1.165) is 43.4 Å². The lowest BCUT2D eigenvalue weighted by Gasteiger charge is -2.33. The van der Waals surface area contributed by atoms with Gasteiger partial charge in [0.1, 0.15) is 0 Å². The van der Waals surface area contributed by atoms with E-state index in [4.69, 9.17) is 28.2 Å². The van der Waals surface area contributed by atoms with Crippen LogP contribution in [0, 0.1) is 4.84 Å². The molecule has 0 saturated carbocycles. The molecule has 1 fully saturated rings. The summed E-state index contributed by atoms with van der Waals surface area (Å²) in [5.74, 6) is 0.576. The van der Waals surface area contributed by atoms with Gasteiger partial charge in [0.05, 0.1) is 26.2 Å². The zero-order chi connectivity index (χ0) is 17.9. The van der Waals surface area contributed by atoms with Crippen molar-refractivity contribution in [2.75, 3.05) is 31.1 Å². The maximum atomic E-state index is 6.10. The highest BCUT2D eigenvalue weighted by Gasteiger charge is 2.22. The Morgan fingerprint density at radius 3 is 2.58 bits per heavy atom. The topological polar surface area (TPSA) is 38.6 Å². The van der Waals surface area contributed by atoms with E-state index in [2.05, 4.69) is 16.1 Å². The Labute approximate surface area is 162 Å². The van der Waals surface area contributed by atoms with Crippen LogP contribution >= 0.6 is 23.8 Å². The van der Waals surface area contributed by atoms with E-state index in [0.29, 0.717) is 10.7 Å². The molecule has 0 aliphatic carbocycles. The number of rotatable bonds is 4. The summed E-state index contributed by atoms with van der Waals surface area (Å²) in [5, 5.41) is 5.33. The van der Waals surface area contributed by atoms with Crippen LogP contribution in [0.1, 0.15) is 0 Å². The normalized spacial score (nSPS) is 15.3. The lowest BCUT2D eigenvalue weighted by molar-refractivity contribution is -0.924. The van der Waals surface area contributed by atoms with Gasteiger partial charge in [-0.05, 0) is 42.5 Å². The minimum atomic E-state index is 0.425. The highest BCUT2D eigenvalue weighted by Crippen LogP contribution is 2.19. The van der Waals surface area contributed by atoms with Crippen molar-refractivity contribution < 1.29 is 9.32 Å². The third kappa shape index (κ3) is 3.82. The molecule has 0 spiro atoms. The standard InChI is InChI=1S/C19H19ClN4OS/c20-16-7-4-8-17(13-16)23-11-9-22(10-12-23)14-24-19(26)25-18(21-24)15-5-2-1-3-6-15/h1-8,13H,9-12,14H2/p+1. The Balaban J connectivity index is 1.40. The van der Waals surface area contributed by atoms with Gasteiger partial charge in [-0.25, -0.2) is 0 Å². The molecule has 1 aliphatic heterocycles. The molecule has 1 aromatic heterocycles. The van der Waals surface area contributed by atoms with Crippen LogP contribution < -0.4 is 9.80 Å². The Kier molecular flexibility index (Phi) is 5.06. The van der Waals surface area contributed by atoms with E-state index >= 15 is 0 Å². The monoisotopic (exact) mass is 387 g/mol. The molecule has 0 atom stereocenters. The Bertz CT molecular complexity index is 932. The summed E-state index contributed by atoms with van der Waals surface area (Å²) in [6.07, 6.45) is 0. The maximum absolute atomic E-state index is 6.10. The molecule has 134 valence electrons. The van der Waals surface area contributed by atoms with E-state index in [9.17, 15) is 0 Å². The van der Waals surface area contributed by atoms with Crippen molar-refractivity contribution in [2.45, 2.75) is 6.67 Å². The number of halogens is 1. The lowest BCUT2D eigenvalue weighted by atomic mass is 10.2. The maximum Gasteiger partial charge on any atom is 0.292 e. The molecule has 26 heavy (non-hydrogen) atoms. The molecule has 5 nitrogen and oxygen atoms in total. The van der Waals surface area contributed by atoms with Crippen molar-refractivity contribution in [3.63, 3.8) is 0 Å². The number of benzene rings is 2. The van der Waals surface area contributed by atoms with Gasteiger partial charge in [0.25, 0.3) is 4.84 Å². The van der Waals surface area contributed by atoms with Gasteiger partial charge < -0.3 is 14.2 Å². The molecule has 1 saturated heterocycles. The lowest BCUT2D eigenvalue weighted by Crippen LogP contribution is -3.14. The van der Waals surface area contributed by atoms with Crippen LogP contribution in [0.3, 0.4) is 0 Å². The Hall–Kier alpha value is -2.15. The molecule has 2 heterocycles. The van der Waals surface area contributed by atoms with Crippen LogP contribution in [-0.2, 0) is 6.67 Å². The van der Waals surface area contributed by atoms with Gasteiger partial charge in [-0.2, -0.15) is 4.68 Å². The number of hydrogen-bond donors (Lipinski definition) is 1. The van der Waals surface area contributed by atoms with Gasteiger partial charge in [0.2, 0.25) is 5.89 Å². The summed E-state index contributed by atoms with van der Waals surface area (Å²) < 4.78 is 7.47. The third-order valence-electron chi connectivity index (χ3n) is 4.64. The van der Waals surface area contributed by atoms with Crippen molar-refractivity contribution >= 4 is 29.5 Å². The van der Waals surface area contributed by atoms with Gasteiger partial charge in [0, 0.05) is 16.3 Å². The molecular weight excluding hydrogens is 368 g/mol. The smallest absolute Gasteiger partial charge is 0.292 e. The molecule has 0 radical (unpaired) electrons. The summed E-state index contributed by atoms with van der Waals surface area (Å²) in [7, 11) is 0. The number of anilines is 1. The minimum absolute atomic E-state index is 0.425. The first-order valence-electron chi connectivity index (χ1n) is 8.66. The van der Waals surface area contributed by atoms with E-state index in [1.165, 1.54) is 10.6 Å². The highest BCUT2D eigenvalue weighted by molar-refractivity contribution is 7.71. The summed E-state index contributed by atoms with van der Waals surface area (Å²) in [5.41, 5.74) is 2.12. The predicted octanol–water partition coefficient (Wildman–Crippen LogP) is 2.89. The second-order valence-electron chi connectivity index (χ2n) is 6.41. The van der Waals surface area contributed by atoms with Crippen molar-refractivity contribution in [2.24, 2.45) is 0 Å². The van der Waals surface area contributed by atoms with Gasteiger partial charge >= 0.3 is 0 Å². The van der Waals surface area contributed by atoms with Crippen LogP contribution in [0.5, 0.6) is 0 Å². The zero-order valence-electron chi connectivity index (χ0n) is 14.3. The second kappa shape index (κ2) is 7.61. The molecule has 0 bridgehead atoms. The largest absolute Gasteiger partial charge is 0.409 e. The molecule has 4 rings (SSSR count). The number of hydrogen-bond acceptors (Lipinski definition) is 4. The van der Waals surface area contributed by atoms with Gasteiger partial charge in [0.15, 0.2) is 6.67 Å². The Morgan fingerprint density at radius 2 is 1.85 bits per heavy atom. The van der Waals surface area contributed by atoms with Crippen molar-refractivity contribution in [3.05, 3.63) is 64.5 Å². The fourth-order valence-electron chi connectivity index (χ4n) is 3.23. The van der Waals surface area contributed by atoms with Gasteiger partial charge in [-0.15, -0.1) is 5.10 Å². The van der Waals surface area contributed by atoms with E-state index in [-0.39, 0.29) is 0 Å². The van der Waals surface area contributed by atoms with E-state index in [1.807, 2.05) is 48.5 Å². The van der Waals surface area contributed by atoms with Crippen LogP contribution in [0.25, 0.3) is 11.5 Å². The molecular formula is C19H20ClN4OS+. The molecule has 1 aliphatic rings. The van der Waals surface area contributed by atoms with E-state index < -0.39 is 0 Å². The number of nitrogens with one attached hydrogen (secondary N) is 1. The summed E-state index contributed by atoms with van der Waals surface area (Å²) in [6, 6.07) is 17.9. The fraction of sp³-hybridized carbons (Fsp3) is 0.263. The van der Waals surface area contributed by atoms with Crippen LogP contribution in [0.15, 0.2) is 59.0 Å². The van der Waals surface area contributed by atoms with Crippen LogP contribution in [0.2, 0.25) is 5.02 Å². The molecule has 7 heteroatoms. The SMILES string of the molecule is S=c1oc(-c2ccccc2)nn1C[NH+]1CCN(c2cccc(Cl)c2)CC1. The summed E-state index contributed by atoms with van der Waals surface area (Å²) >= 11 is 11.5. The van der Waals surface area contributed by atoms with Gasteiger partial charge in [-0.3, -0.25) is 0 Å². The first-order valence-corrected chi connectivity index (χ1v) is 9.45. The second-order valence-corrected chi connectivity index (χ2v) is 7.20. The van der Waals surface area contributed by atoms with Crippen molar-refractivity contribution in [1.82, 2.24) is 9.78 Å². The van der Waals surface area contributed by atoms with Crippen LogP contribution in [-0.4, -0.2) is 36.0 Å². The molecule has 2 aromatic carbocycles. The first kappa shape index (κ1) is 17.3. The van der Waals surface area contributed by atoms with E-state index in [1.54, 1.807) is 4.68 Å². The first-order chi connectivity index (χ1) is 12.7. The number of piperazine rings is 1. The van der Waals surface area contributed by atoms with Gasteiger partial charge in [-0.1, -0.05) is 35.9 Å². The highest BCUT2D eigenvalue weighted by atomic mass is 35.5. The minimum Gasteiger partial charge on any atom is -0.409 e.